The molecule has 1 aliphatic rings. The molecule has 1 aliphatic heterocycles. The highest BCUT2D eigenvalue weighted by atomic mass is 19.1. The van der Waals surface area contributed by atoms with Crippen LogP contribution in [0.4, 0.5) is 4.39 Å². The van der Waals surface area contributed by atoms with E-state index in [1.165, 1.54) is 12.1 Å². The van der Waals surface area contributed by atoms with E-state index in [-0.39, 0.29) is 5.82 Å². The van der Waals surface area contributed by atoms with Crippen LogP contribution < -0.4 is 0 Å². The predicted octanol–water partition coefficient (Wildman–Crippen LogP) is 2.42. The Morgan fingerprint density at radius 3 is 3.00 bits per heavy atom. The number of halogens is 1. The zero-order valence-electron chi connectivity index (χ0n) is 9.03. The summed E-state index contributed by atoms with van der Waals surface area (Å²) in [6.07, 6.45) is 3.57. The van der Waals surface area contributed by atoms with Gasteiger partial charge in [0.1, 0.15) is 17.7 Å². The zero-order chi connectivity index (χ0) is 11.4. The summed E-state index contributed by atoms with van der Waals surface area (Å²) in [5.41, 5.74) is 0.780. The third-order valence-corrected chi connectivity index (χ3v) is 2.61. The molecule has 16 heavy (non-hydrogen) atoms. The average molecular weight is 222 g/mol. The SMILES string of the molecule is OC(Cc1cccc(F)c1)C1=CCCCO1. The second-order valence-electron chi connectivity index (χ2n) is 3.95. The first-order valence-electron chi connectivity index (χ1n) is 5.51. The van der Waals surface area contributed by atoms with Crippen LogP contribution in [0.3, 0.4) is 0 Å². The van der Waals surface area contributed by atoms with Crippen LogP contribution in [-0.4, -0.2) is 17.8 Å². The van der Waals surface area contributed by atoms with E-state index < -0.39 is 6.10 Å². The number of ether oxygens (including phenoxy) is 1. The van der Waals surface area contributed by atoms with E-state index in [1.807, 2.05) is 6.08 Å². The largest absolute Gasteiger partial charge is 0.495 e. The quantitative estimate of drug-likeness (QED) is 0.851. The minimum absolute atomic E-state index is 0.275. The molecule has 0 bridgehead atoms. The van der Waals surface area contributed by atoms with Crippen molar-refractivity contribution in [1.29, 1.82) is 0 Å². The van der Waals surface area contributed by atoms with E-state index in [1.54, 1.807) is 12.1 Å². The monoisotopic (exact) mass is 222 g/mol. The maximum absolute atomic E-state index is 12.9. The van der Waals surface area contributed by atoms with Crippen LogP contribution in [0.1, 0.15) is 18.4 Å². The van der Waals surface area contributed by atoms with Crippen molar-refractivity contribution >= 4 is 0 Å². The molecule has 0 saturated carbocycles. The van der Waals surface area contributed by atoms with Gasteiger partial charge in [0.05, 0.1) is 6.61 Å². The molecule has 1 aromatic carbocycles. The van der Waals surface area contributed by atoms with Gasteiger partial charge in [0.25, 0.3) is 0 Å². The molecule has 1 N–H and O–H groups in total. The highest BCUT2D eigenvalue weighted by molar-refractivity contribution is 5.19. The standard InChI is InChI=1S/C13H15FO2/c14-11-5-3-4-10(8-11)9-12(15)13-6-1-2-7-16-13/h3-6,8,12,15H,1-2,7,9H2. The summed E-state index contributed by atoms with van der Waals surface area (Å²) >= 11 is 0. The van der Waals surface area contributed by atoms with Gasteiger partial charge in [-0.3, -0.25) is 0 Å². The molecular weight excluding hydrogens is 207 g/mol. The molecule has 0 fully saturated rings. The number of allylic oxidation sites excluding steroid dienone is 1. The lowest BCUT2D eigenvalue weighted by Crippen LogP contribution is -2.18. The smallest absolute Gasteiger partial charge is 0.123 e. The Balaban J connectivity index is 2.01. The van der Waals surface area contributed by atoms with Crippen molar-refractivity contribution in [2.24, 2.45) is 0 Å². The van der Waals surface area contributed by atoms with Crippen LogP contribution in [0.5, 0.6) is 0 Å². The molecule has 2 nitrogen and oxygen atoms in total. The highest BCUT2D eigenvalue weighted by Gasteiger charge is 2.15. The van der Waals surface area contributed by atoms with E-state index in [9.17, 15) is 9.50 Å². The molecule has 0 amide bonds. The molecule has 86 valence electrons. The highest BCUT2D eigenvalue weighted by Crippen LogP contribution is 2.17. The number of aliphatic hydroxyl groups excluding tert-OH is 1. The Bertz CT molecular complexity index is 387. The number of aliphatic hydroxyl groups is 1. The van der Waals surface area contributed by atoms with Gasteiger partial charge in [0.15, 0.2) is 0 Å². The molecular formula is C13H15FO2. The third kappa shape index (κ3) is 2.83. The lowest BCUT2D eigenvalue weighted by atomic mass is 10.0. The normalized spacial score (nSPS) is 17.5. The van der Waals surface area contributed by atoms with E-state index >= 15 is 0 Å². The summed E-state index contributed by atoms with van der Waals surface area (Å²) in [5, 5.41) is 9.90. The molecule has 0 aliphatic carbocycles. The van der Waals surface area contributed by atoms with Gasteiger partial charge in [-0.2, -0.15) is 0 Å². The van der Waals surface area contributed by atoms with Crippen LogP contribution in [0.15, 0.2) is 36.1 Å². The Labute approximate surface area is 94.4 Å². The second kappa shape index (κ2) is 5.12. The van der Waals surface area contributed by atoms with Crippen LogP contribution in [0.2, 0.25) is 0 Å². The van der Waals surface area contributed by atoms with Crippen molar-refractivity contribution in [1.82, 2.24) is 0 Å². The molecule has 0 spiro atoms. The van der Waals surface area contributed by atoms with Gasteiger partial charge in [-0.25, -0.2) is 4.39 Å². The molecule has 0 saturated heterocycles. The summed E-state index contributed by atoms with van der Waals surface area (Å²) in [6, 6.07) is 6.28. The van der Waals surface area contributed by atoms with Crippen LogP contribution in [-0.2, 0) is 11.2 Å². The Morgan fingerprint density at radius 1 is 1.44 bits per heavy atom. The summed E-state index contributed by atoms with van der Waals surface area (Å²) < 4.78 is 18.3. The van der Waals surface area contributed by atoms with E-state index in [0.29, 0.717) is 18.8 Å². The lowest BCUT2D eigenvalue weighted by molar-refractivity contribution is 0.0917. The van der Waals surface area contributed by atoms with Gasteiger partial charge in [-0.05, 0) is 36.6 Å². The second-order valence-corrected chi connectivity index (χ2v) is 3.95. The van der Waals surface area contributed by atoms with Gasteiger partial charge in [-0.15, -0.1) is 0 Å². The first-order chi connectivity index (χ1) is 7.75. The molecule has 2 rings (SSSR count). The van der Waals surface area contributed by atoms with E-state index in [4.69, 9.17) is 4.74 Å². The van der Waals surface area contributed by atoms with Crippen molar-refractivity contribution in [2.45, 2.75) is 25.4 Å². The summed E-state index contributed by atoms with van der Waals surface area (Å²) in [6.45, 7) is 0.659. The van der Waals surface area contributed by atoms with Crippen molar-refractivity contribution in [3.05, 3.63) is 47.5 Å². The fourth-order valence-electron chi connectivity index (χ4n) is 1.80. The number of rotatable bonds is 3. The van der Waals surface area contributed by atoms with Crippen LogP contribution in [0.25, 0.3) is 0 Å². The first-order valence-corrected chi connectivity index (χ1v) is 5.51. The lowest BCUT2D eigenvalue weighted by Gasteiger charge is -2.19. The average Bonchev–Trinajstić information content (AvgIpc) is 2.30. The van der Waals surface area contributed by atoms with Gasteiger partial charge >= 0.3 is 0 Å². The van der Waals surface area contributed by atoms with E-state index in [2.05, 4.69) is 0 Å². The minimum Gasteiger partial charge on any atom is -0.495 e. The Kier molecular flexibility index (Phi) is 3.57. The van der Waals surface area contributed by atoms with Crippen molar-refractivity contribution in [2.75, 3.05) is 6.61 Å². The maximum Gasteiger partial charge on any atom is 0.123 e. The molecule has 1 unspecified atom stereocenters. The molecule has 1 aromatic rings. The van der Waals surface area contributed by atoms with Crippen LogP contribution >= 0.6 is 0 Å². The van der Waals surface area contributed by atoms with Gasteiger partial charge in [-0.1, -0.05) is 12.1 Å². The van der Waals surface area contributed by atoms with Gasteiger partial charge in [0, 0.05) is 6.42 Å². The van der Waals surface area contributed by atoms with Gasteiger partial charge < -0.3 is 9.84 Å². The number of hydrogen-bond acceptors (Lipinski definition) is 2. The minimum atomic E-state index is -0.665. The summed E-state index contributed by atoms with van der Waals surface area (Å²) in [7, 11) is 0. The topological polar surface area (TPSA) is 29.5 Å². The molecule has 3 heteroatoms. The van der Waals surface area contributed by atoms with Crippen molar-refractivity contribution < 1.29 is 14.2 Å². The van der Waals surface area contributed by atoms with Crippen LogP contribution in [0, 0.1) is 5.82 Å². The molecule has 1 heterocycles. The Hall–Kier alpha value is -1.35. The number of benzene rings is 1. The first kappa shape index (κ1) is 11.1. The molecule has 1 atom stereocenters. The van der Waals surface area contributed by atoms with Gasteiger partial charge in [0.2, 0.25) is 0 Å². The third-order valence-electron chi connectivity index (χ3n) is 2.61. The van der Waals surface area contributed by atoms with E-state index in [0.717, 1.165) is 18.4 Å². The summed E-state index contributed by atoms with van der Waals surface area (Å²) in [4.78, 5) is 0. The maximum atomic E-state index is 12.9. The van der Waals surface area contributed by atoms with Crippen molar-refractivity contribution in [3.63, 3.8) is 0 Å². The number of hydrogen-bond donors (Lipinski definition) is 1. The molecule has 0 aromatic heterocycles. The summed E-state index contributed by atoms with van der Waals surface area (Å²) in [5.74, 6) is 0.346. The zero-order valence-corrected chi connectivity index (χ0v) is 9.03. The fourth-order valence-corrected chi connectivity index (χ4v) is 1.80. The molecule has 0 radical (unpaired) electrons. The fraction of sp³-hybridized carbons (Fsp3) is 0.385. The Morgan fingerprint density at radius 2 is 2.31 bits per heavy atom. The van der Waals surface area contributed by atoms with Crippen molar-refractivity contribution in [3.8, 4) is 0 Å². The predicted molar refractivity (Wildman–Crippen MR) is 59.4 cm³/mol.